The topological polar surface area (TPSA) is 43.3 Å². The molecular formula is C22H16ClFN2O2S. The zero-order valence-corrected chi connectivity index (χ0v) is 16.9. The Morgan fingerprint density at radius 1 is 1.14 bits per heavy atom. The maximum atomic E-state index is 13.4. The van der Waals surface area contributed by atoms with Crippen molar-refractivity contribution in [1.29, 1.82) is 0 Å². The lowest BCUT2D eigenvalue weighted by Gasteiger charge is -2.12. The summed E-state index contributed by atoms with van der Waals surface area (Å²) < 4.78 is 20.6. The third-order valence-electron chi connectivity index (χ3n) is 4.40. The summed E-state index contributed by atoms with van der Waals surface area (Å²) in [7, 11) is 1.53. The van der Waals surface area contributed by atoms with Gasteiger partial charge in [-0.25, -0.2) is 4.39 Å². The largest absolute Gasteiger partial charge is 0.495 e. The van der Waals surface area contributed by atoms with E-state index < -0.39 is 0 Å². The lowest BCUT2D eigenvalue weighted by molar-refractivity contribution is 0.103. The van der Waals surface area contributed by atoms with Crippen LogP contribution >= 0.6 is 22.9 Å². The number of aromatic nitrogens is 1. The van der Waals surface area contributed by atoms with Crippen molar-refractivity contribution < 1.29 is 13.9 Å². The second-order valence-electron chi connectivity index (χ2n) is 6.22. The Hall–Kier alpha value is -3.09. The smallest absolute Gasteiger partial charge is 0.268 e. The normalized spacial score (nSPS) is 10.7. The fourth-order valence-electron chi connectivity index (χ4n) is 3.04. The van der Waals surface area contributed by atoms with Crippen LogP contribution in [0.25, 0.3) is 16.8 Å². The van der Waals surface area contributed by atoms with Crippen molar-refractivity contribution in [2.75, 3.05) is 12.4 Å². The Labute approximate surface area is 176 Å². The third-order valence-corrected chi connectivity index (χ3v) is 5.60. The van der Waals surface area contributed by atoms with Crippen LogP contribution in [0.5, 0.6) is 5.75 Å². The third kappa shape index (κ3) is 3.90. The number of thiophene rings is 1. The minimum Gasteiger partial charge on any atom is -0.495 e. The Bertz CT molecular complexity index is 1150. The van der Waals surface area contributed by atoms with Gasteiger partial charge in [-0.2, -0.15) is 0 Å². The first-order valence-electron chi connectivity index (χ1n) is 8.72. The van der Waals surface area contributed by atoms with Crippen molar-refractivity contribution in [1.82, 2.24) is 4.57 Å². The van der Waals surface area contributed by atoms with Crippen molar-refractivity contribution in [2.24, 2.45) is 0 Å². The van der Waals surface area contributed by atoms with Gasteiger partial charge in [0.05, 0.1) is 18.5 Å². The predicted octanol–water partition coefficient (Wildman–Crippen LogP) is 6.26. The van der Waals surface area contributed by atoms with Crippen molar-refractivity contribution in [2.45, 2.75) is 0 Å². The van der Waals surface area contributed by atoms with E-state index in [9.17, 15) is 9.18 Å². The molecule has 0 spiro atoms. The number of ether oxygens (including phenoxy) is 1. The van der Waals surface area contributed by atoms with Crippen LogP contribution in [0.3, 0.4) is 0 Å². The number of methoxy groups -OCH3 is 1. The molecule has 0 bridgehead atoms. The van der Waals surface area contributed by atoms with Gasteiger partial charge >= 0.3 is 0 Å². The Kier molecular flexibility index (Phi) is 5.38. The molecule has 4 aromatic rings. The molecule has 29 heavy (non-hydrogen) atoms. The van der Waals surface area contributed by atoms with Gasteiger partial charge in [0, 0.05) is 28.4 Å². The summed E-state index contributed by atoms with van der Waals surface area (Å²) >= 11 is 7.39. The van der Waals surface area contributed by atoms with Crippen LogP contribution in [-0.2, 0) is 0 Å². The molecule has 2 heterocycles. The number of rotatable bonds is 5. The minimum atomic E-state index is -0.308. The molecule has 1 N–H and O–H groups in total. The predicted molar refractivity (Wildman–Crippen MR) is 115 cm³/mol. The molecule has 0 fully saturated rings. The Morgan fingerprint density at radius 2 is 1.86 bits per heavy atom. The van der Waals surface area contributed by atoms with Crippen LogP contribution in [0.2, 0.25) is 5.02 Å². The standard InChI is InChI=1S/C22H16ClFN2O2S/c1-28-19-9-6-15(23)12-18(19)25-22(27)21-20(26-10-2-3-11-26)17(13-29-21)14-4-7-16(24)8-5-14/h2-13H,1H3,(H,25,27). The van der Waals surface area contributed by atoms with Crippen LogP contribution in [0, 0.1) is 5.82 Å². The van der Waals surface area contributed by atoms with Gasteiger partial charge in [-0.1, -0.05) is 23.7 Å². The summed E-state index contributed by atoms with van der Waals surface area (Å²) in [6.07, 6.45) is 3.73. The Morgan fingerprint density at radius 3 is 2.55 bits per heavy atom. The van der Waals surface area contributed by atoms with E-state index in [1.807, 2.05) is 34.5 Å². The van der Waals surface area contributed by atoms with Crippen LogP contribution in [0.4, 0.5) is 10.1 Å². The van der Waals surface area contributed by atoms with Crippen molar-refractivity contribution in [3.8, 4) is 22.6 Å². The van der Waals surface area contributed by atoms with Crippen molar-refractivity contribution in [3.05, 3.63) is 88.1 Å². The lowest BCUT2D eigenvalue weighted by Crippen LogP contribution is -2.13. The molecule has 0 saturated carbocycles. The summed E-state index contributed by atoms with van der Waals surface area (Å²) in [6, 6.07) is 15.0. The molecule has 2 aromatic heterocycles. The van der Waals surface area contributed by atoms with Crippen LogP contribution in [0.15, 0.2) is 72.4 Å². The quantitative estimate of drug-likeness (QED) is 0.409. The van der Waals surface area contributed by atoms with Gasteiger partial charge in [-0.05, 0) is 48.0 Å². The molecule has 0 aliphatic rings. The number of nitrogens with one attached hydrogen (secondary N) is 1. The first-order valence-corrected chi connectivity index (χ1v) is 9.98. The van der Waals surface area contributed by atoms with Gasteiger partial charge in [0.2, 0.25) is 0 Å². The number of carbonyl (C=O) groups is 1. The molecule has 0 aliphatic carbocycles. The van der Waals surface area contributed by atoms with E-state index in [4.69, 9.17) is 16.3 Å². The van der Waals surface area contributed by atoms with E-state index >= 15 is 0 Å². The summed E-state index contributed by atoms with van der Waals surface area (Å²) in [5, 5.41) is 5.27. The molecule has 0 saturated heterocycles. The maximum Gasteiger partial charge on any atom is 0.268 e. The lowest BCUT2D eigenvalue weighted by atomic mass is 10.1. The van der Waals surface area contributed by atoms with Gasteiger partial charge < -0.3 is 14.6 Å². The molecule has 1 amide bonds. The molecule has 0 radical (unpaired) electrons. The van der Waals surface area contributed by atoms with E-state index in [1.54, 1.807) is 30.3 Å². The molecule has 2 aromatic carbocycles. The van der Waals surface area contributed by atoms with Crippen molar-refractivity contribution >= 4 is 34.5 Å². The highest BCUT2D eigenvalue weighted by Crippen LogP contribution is 2.36. The van der Waals surface area contributed by atoms with E-state index in [0.29, 0.717) is 21.3 Å². The van der Waals surface area contributed by atoms with Crippen molar-refractivity contribution in [3.63, 3.8) is 0 Å². The van der Waals surface area contributed by atoms with Gasteiger partial charge in [0.1, 0.15) is 16.4 Å². The fourth-order valence-corrected chi connectivity index (χ4v) is 4.18. The monoisotopic (exact) mass is 426 g/mol. The van der Waals surface area contributed by atoms with Gasteiger partial charge in [-0.3, -0.25) is 4.79 Å². The fraction of sp³-hybridized carbons (Fsp3) is 0.0455. The average Bonchev–Trinajstić information content (AvgIpc) is 3.38. The number of hydrogen-bond donors (Lipinski definition) is 1. The highest BCUT2D eigenvalue weighted by Gasteiger charge is 2.21. The van der Waals surface area contributed by atoms with Crippen LogP contribution in [-0.4, -0.2) is 17.6 Å². The number of anilines is 1. The second-order valence-corrected chi connectivity index (χ2v) is 7.54. The second kappa shape index (κ2) is 8.11. The van der Waals surface area contributed by atoms with Crippen LogP contribution in [0.1, 0.15) is 9.67 Å². The number of amides is 1. The first kappa shape index (κ1) is 19.2. The number of carbonyl (C=O) groups excluding carboxylic acids is 1. The molecule has 4 nitrogen and oxygen atoms in total. The zero-order valence-electron chi connectivity index (χ0n) is 15.4. The van der Waals surface area contributed by atoms with E-state index in [2.05, 4.69) is 5.32 Å². The van der Waals surface area contributed by atoms with Gasteiger partial charge in [0.25, 0.3) is 5.91 Å². The highest BCUT2D eigenvalue weighted by atomic mass is 35.5. The number of benzene rings is 2. The van der Waals surface area contributed by atoms with E-state index in [1.165, 1.54) is 30.6 Å². The number of nitrogens with zero attached hydrogens (tertiary/aromatic N) is 1. The highest BCUT2D eigenvalue weighted by molar-refractivity contribution is 7.13. The number of halogens is 2. The zero-order chi connectivity index (χ0) is 20.4. The van der Waals surface area contributed by atoms with Crippen LogP contribution < -0.4 is 10.1 Å². The SMILES string of the molecule is COc1ccc(Cl)cc1NC(=O)c1scc(-c2ccc(F)cc2)c1-n1cccc1. The summed E-state index contributed by atoms with van der Waals surface area (Å²) in [4.78, 5) is 13.7. The molecule has 0 aliphatic heterocycles. The Balaban J connectivity index is 1.77. The molecule has 4 rings (SSSR count). The maximum absolute atomic E-state index is 13.4. The molecular weight excluding hydrogens is 411 g/mol. The average molecular weight is 427 g/mol. The summed E-state index contributed by atoms with van der Waals surface area (Å²) in [5.74, 6) is -0.0780. The van der Waals surface area contributed by atoms with E-state index in [-0.39, 0.29) is 11.7 Å². The molecule has 146 valence electrons. The number of hydrogen-bond acceptors (Lipinski definition) is 3. The first-order chi connectivity index (χ1) is 14.1. The molecule has 7 heteroatoms. The molecule has 0 unspecified atom stereocenters. The van der Waals surface area contributed by atoms with Gasteiger partial charge in [0.15, 0.2) is 0 Å². The summed E-state index contributed by atoms with van der Waals surface area (Å²) in [5.41, 5.74) is 2.88. The molecule has 0 atom stereocenters. The van der Waals surface area contributed by atoms with E-state index in [0.717, 1.165) is 16.8 Å². The summed E-state index contributed by atoms with van der Waals surface area (Å²) in [6.45, 7) is 0. The minimum absolute atomic E-state index is 0.285. The van der Waals surface area contributed by atoms with Gasteiger partial charge in [-0.15, -0.1) is 11.3 Å².